The lowest BCUT2D eigenvalue weighted by atomic mass is 10.0. The van der Waals surface area contributed by atoms with Gasteiger partial charge in [-0.1, -0.05) is 36.4 Å². The average Bonchev–Trinajstić information content (AvgIpc) is 3.21. The average molecular weight is 383 g/mol. The van der Waals surface area contributed by atoms with Crippen LogP contribution in [0.25, 0.3) is 22.6 Å². The molecule has 0 aliphatic carbocycles. The highest BCUT2D eigenvalue weighted by Crippen LogP contribution is 2.28. The summed E-state index contributed by atoms with van der Waals surface area (Å²) in [5.41, 5.74) is 4.80. The highest BCUT2D eigenvalue weighted by molar-refractivity contribution is 5.93. The number of fused-ring (bicyclic) bond motifs is 1. The zero-order chi connectivity index (χ0) is 20.2. The number of hydrogen-bond acceptors (Lipinski definition) is 6. The molecule has 0 saturated heterocycles. The minimum Gasteiger partial charge on any atom is -0.363 e. The van der Waals surface area contributed by atoms with Crippen LogP contribution in [0.15, 0.2) is 59.9 Å². The molecular weight excluding hydrogens is 362 g/mol. The predicted octanol–water partition coefficient (Wildman–Crippen LogP) is 4.81. The van der Waals surface area contributed by atoms with Gasteiger partial charge in [0.15, 0.2) is 0 Å². The van der Waals surface area contributed by atoms with E-state index in [1.54, 1.807) is 6.33 Å². The number of benzene rings is 2. The maximum Gasteiger partial charge on any atom is 0.200 e. The Kier molecular flexibility index (Phi) is 5.11. The predicted molar refractivity (Wildman–Crippen MR) is 117 cm³/mol. The van der Waals surface area contributed by atoms with Crippen molar-refractivity contribution in [1.29, 1.82) is 0 Å². The van der Waals surface area contributed by atoms with Crippen molar-refractivity contribution in [3.05, 3.63) is 71.7 Å². The monoisotopic (exact) mass is 383 g/mol. The summed E-state index contributed by atoms with van der Waals surface area (Å²) in [5, 5.41) is 15.1. The molecule has 2 aromatic heterocycles. The van der Waals surface area contributed by atoms with Gasteiger partial charge in [-0.05, 0) is 55.5 Å². The molecule has 7 nitrogen and oxygen atoms in total. The number of allylic oxidation sites excluding steroid dienone is 1. The number of nitrogens with one attached hydrogen (secondary N) is 2. The third-order valence-corrected chi connectivity index (χ3v) is 4.80. The van der Waals surface area contributed by atoms with E-state index in [-0.39, 0.29) is 6.04 Å². The van der Waals surface area contributed by atoms with Crippen LogP contribution in [0.2, 0.25) is 0 Å². The number of hydrogen-bond donors (Lipinski definition) is 2. The van der Waals surface area contributed by atoms with Crippen molar-refractivity contribution in [2.24, 2.45) is 4.99 Å². The molecule has 4 aromatic rings. The molecule has 2 heterocycles. The minimum atomic E-state index is 0.117. The molecule has 7 heteroatoms. The van der Waals surface area contributed by atoms with Crippen molar-refractivity contribution < 1.29 is 0 Å². The highest BCUT2D eigenvalue weighted by Gasteiger charge is 2.11. The SMILES string of the molecule is C=Nc1n[nH]nc1/C=C(\C)c1ccc2ncnc(NC(C)c3ccccc3)c2c1. The number of aromatic amines is 1. The summed E-state index contributed by atoms with van der Waals surface area (Å²) < 4.78 is 0. The Morgan fingerprint density at radius 3 is 2.76 bits per heavy atom. The molecule has 0 bridgehead atoms. The van der Waals surface area contributed by atoms with Crippen LogP contribution in [-0.4, -0.2) is 32.1 Å². The van der Waals surface area contributed by atoms with Gasteiger partial charge in [0.2, 0.25) is 5.82 Å². The van der Waals surface area contributed by atoms with Gasteiger partial charge in [0, 0.05) is 11.4 Å². The van der Waals surface area contributed by atoms with E-state index in [1.165, 1.54) is 5.56 Å². The molecule has 1 atom stereocenters. The standard InChI is InChI=1S/C22H21N7/c1-14(11-20-22(23-3)28-29-27-20)17-9-10-19-18(12-17)21(25-13-24-19)26-15(2)16-7-5-4-6-8-16/h4-13,15H,3H2,1-2H3,(H,24,25,26)(H,27,28,29)/b14-11+. The lowest BCUT2D eigenvalue weighted by molar-refractivity contribution is 0.876. The molecule has 144 valence electrons. The number of aromatic nitrogens is 5. The summed E-state index contributed by atoms with van der Waals surface area (Å²) in [7, 11) is 0. The van der Waals surface area contributed by atoms with Crippen molar-refractivity contribution >= 4 is 40.9 Å². The number of aliphatic imine (C=N–C) groups is 1. The summed E-state index contributed by atoms with van der Waals surface area (Å²) in [4.78, 5) is 12.8. The molecule has 0 amide bonds. The number of H-pyrrole nitrogens is 1. The quantitative estimate of drug-likeness (QED) is 0.466. The van der Waals surface area contributed by atoms with Crippen molar-refractivity contribution in [2.75, 3.05) is 5.32 Å². The molecule has 0 aliphatic heterocycles. The van der Waals surface area contributed by atoms with Crippen LogP contribution < -0.4 is 5.32 Å². The van der Waals surface area contributed by atoms with Gasteiger partial charge < -0.3 is 5.32 Å². The zero-order valence-corrected chi connectivity index (χ0v) is 16.3. The second-order valence-corrected chi connectivity index (χ2v) is 6.75. The van der Waals surface area contributed by atoms with E-state index in [9.17, 15) is 0 Å². The van der Waals surface area contributed by atoms with Crippen LogP contribution >= 0.6 is 0 Å². The third-order valence-electron chi connectivity index (χ3n) is 4.80. The summed E-state index contributed by atoms with van der Waals surface area (Å²) >= 11 is 0. The number of rotatable bonds is 6. The van der Waals surface area contributed by atoms with E-state index in [2.05, 4.69) is 67.5 Å². The Bertz CT molecular complexity index is 1180. The molecule has 0 spiro atoms. The van der Waals surface area contributed by atoms with Gasteiger partial charge in [-0.15, -0.1) is 5.10 Å². The molecule has 0 radical (unpaired) electrons. The maximum absolute atomic E-state index is 4.48. The Morgan fingerprint density at radius 1 is 1.14 bits per heavy atom. The Labute approximate surface area is 168 Å². The molecule has 4 rings (SSSR count). The molecule has 2 aromatic carbocycles. The first kappa shape index (κ1) is 18.5. The van der Waals surface area contributed by atoms with Crippen LogP contribution in [0.5, 0.6) is 0 Å². The summed E-state index contributed by atoms with van der Waals surface area (Å²) in [6.07, 6.45) is 3.51. The summed E-state index contributed by atoms with van der Waals surface area (Å²) in [6.45, 7) is 7.66. The first-order chi connectivity index (χ1) is 14.2. The van der Waals surface area contributed by atoms with Crippen LogP contribution in [0.3, 0.4) is 0 Å². The maximum atomic E-state index is 4.48. The molecule has 0 saturated carbocycles. The Morgan fingerprint density at radius 2 is 1.97 bits per heavy atom. The molecule has 0 aliphatic rings. The normalized spacial score (nSPS) is 12.7. The lowest BCUT2D eigenvalue weighted by Gasteiger charge is -2.16. The smallest absolute Gasteiger partial charge is 0.200 e. The molecule has 1 unspecified atom stereocenters. The Balaban J connectivity index is 1.70. The van der Waals surface area contributed by atoms with Crippen LogP contribution in [0, 0.1) is 0 Å². The fraction of sp³-hybridized carbons (Fsp3) is 0.136. The number of nitrogens with zero attached hydrogens (tertiary/aromatic N) is 5. The van der Waals surface area contributed by atoms with Crippen LogP contribution in [0.1, 0.15) is 36.7 Å². The first-order valence-electron chi connectivity index (χ1n) is 9.28. The highest BCUT2D eigenvalue weighted by atomic mass is 15.4. The van der Waals surface area contributed by atoms with E-state index in [0.29, 0.717) is 11.5 Å². The molecule has 0 fully saturated rings. The molecule has 2 N–H and O–H groups in total. The second kappa shape index (κ2) is 8.02. The van der Waals surface area contributed by atoms with Gasteiger partial charge in [-0.2, -0.15) is 10.3 Å². The van der Waals surface area contributed by atoms with E-state index >= 15 is 0 Å². The summed E-state index contributed by atoms with van der Waals surface area (Å²) in [6, 6.07) is 16.5. The fourth-order valence-electron chi connectivity index (χ4n) is 3.18. The molecular formula is C22H21N7. The minimum absolute atomic E-state index is 0.117. The third kappa shape index (κ3) is 3.89. The Hall–Kier alpha value is -3.87. The topological polar surface area (TPSA) is 91.7 Å². The lowest BCUT2D eigenvalue weighted by Crippen LogP contribution is -2.08. The van der Waals surface area contributed by atoms with Crippen molar-refractivity contribution in [1.82, 2.24) is 25.4 Å². The largest absolute Gasteiger partial charge is 0.363 e. The zero-order valence-electron chi connectivity index (χ0n) is 16.3. The van der Waals surface area contributed by atoms with Crippen LogP contribution in [-0.2, 0) is 0 Å². The summed E-state index contributed by atoms with van der Waals surface area (Å²) in [5.74, 6) is 1.28. The van der Waals surface area contributed by atoms with Gasteiger partial charge in [0.1, 0.15) is 17.8 Å². The molecule has 29 heavy (non-hydrogen) atoms. The fourth-order valence-corrected chi connectivity index (χ4v) is 3.18. The first-order valence-corrected chi connectivity index (χ1v) is 9.28. The van der Waals surface area contributed by atoms with Crippen molar-refractivity contribution in [3.63, 3.8) is 0 Å². The van der Waals surface area contributed by atoms with Gasteiger partial charge >= 0.3 is 0 Å². The van der Waals surface area contributed by atoms with E-state index in [0.717, 1.165) is 27.9 Å². The van der Waals surface area contributed by atoms with Crippen LogP contribution in [0.4, 0.5) is 11.6 Å². The van der Waals surface area contributed by atoms with Gasteiger partial charge in [0.25, 0.3) is 0 Å². The van der Waals surface area contributed by atoms with E-state index < -0.39 is 0 Å². The van der Waals surface area contributed by atoms with Crippen molar-refractivity contribution in [3.8, 4) is 0 Å². The van der Waals surface area contributed by atoms with E-state index in [4.69, 9.17) is 0 Å². The van der Waals surface area contributed by atoms with Gasteiger partial charge in [-0.25, -0.2) is 15.0 Å². The van der Waals surface area contributed by atoms with Gasteiger partial charge in [0.05, 0.1) is 5.52 Å². The number of anilines is 1. The second-order valence-electron chi connectivity index (χ2n) is 6.75. The van der Waals surface area contributed by atoms with Gasteiger partial charge in [-0.3, -0.25) is 0 Å². The van der Waals surface area contributed by atoms with E-state index in [1.807, 2.05) is 43.3 Å². The van der Waals surface area contributed by atoms with Crippen molar-refractivity contribution in [2.45, 2.75) is 19.9 Å².